The van der Waals surface area contributed by atoms with E-state index in [0.29, 0.717) is 42.9 Å². The Morgan fingerprint density at radius 1 is 1.35 bits per heavy atom. The Balaban J connectivity index is 2.16. The number of carbonyl (C=O) groups is 2. The van der Waals surface area contributed by atoms with E-state index in [1.807, 2.05) is 0 Å². The first-order chi connectivity index (χ1) is 9.56. The average molecular weight is 277 g/mol. The molecule has 0 spiro atoms. The molecule has 2 heterocycles. The van der Waals surface area contributed by atoms with Crippen molar-refractivity contribution in [1.29, 1.82) is 0 Å². The maximum absolute atomic E-state index is 12.6. The van der Waals surface area contributed by atoms with Crippen molar-refractivity contribution in [3.63, 3.8) is 0 Å². The number of amides is 2. The lowest BCUT2D eigenvalue weighted by molar-refractivity contribution is -0.140. The first-order valence-corrected chi connectivity index (χ1v) is 6.72. The number of carbonyl (C=O) groups excluding carboxylic acids is 2. The highest BCUT2D eigenvalue weighted by Gasteiger charge is 2.33. The van der Waals surface area contributed by atoms with Gasteiger partial charge in [0.25, 0.3) is 5.91 Å². The molecule has 2 rings (SSSR count). The van der Waals surface area contributed by atoms with Gasteiger partial charge in [-0.1, -0.05) is 11.2 Å². The summed E-state index contributed by atoms with van der Waals surface area (Å²) in [6.07, 6.45) is 3.47. The Hall–Kier alpha value is -2.11. The summed E-state index contributed by atoms with van der Waals surface area (Å²) < 4.78 is 5.02. The molecule has 0 unspecified atom stereocenters. The van der Waals surface area contributed by atoms with E-state index in [-0.39, 0.29) is 11.8 Å². The molecule has 1 aromatic heterocycles. The van der Waals surface area contributed by atoms with Gasteiger partial charge in [0.1, 0.15) is 11.3 Å². The maximum Gasteiger partial charge on any atom is 0.277 e. The van der Waals surface area contributed by atoms with Gasteiger partial charge in [-0.2, -0.15) is 0 Å². The van der Waals surface area contributed by atoms with Gasteiger partial charge in [-0.15, -0.1) is 6.58 Å². The minimum absolute atomic E-state index is 0.0532. The van der Waals surface area contributed by atoms with Crippen LogP contribution in [-0.4, -0.2) is 40.1 Å². The van der Waals surface area contributed by atoms with E-state index in [2.05, 4.69) is 11.7 Å². The molecule has 0 radical (unpaired) electrons. The largest absolute Gasteiger partial charge is 0.361 e. The second-order valence-corrected chi connectivity index (χ2v) is 4.83. The van der Waals surface area contributed by atoms with Gasteiger partial charge in [0.2, 0.25) is 5.91 Å². The molecule has 1 aromatic rings. The smallest absolute Gasteiger partial charge is 0.277 e. The monoisotopic (exact) mass is 277 g/mol. The van der Waals surface area contributed by atoms with Gasteiger partial charge in [0.05, 0.1) is 5.69 Å². The van der Waals surface area contributed by atoms with E-state index < -0.39 is 0 Å². The molecular weight excluding hydrogens is 258 g/mol. The maximum atomic E-state index is 12.6. The molecule has 1 saturated heterocycles. The van der Waals surface area contributed by atoms with E-state index in [0.717, 1.165) is 6.42 Å². The Labute approximate surface area is 118 Å². The van der Waals surface area contributed by atoms with E-state index in [1.54, 1.807) is 19.9 Å². The van der Waals surface area contributed by atoms with Crippen LogP contribution in [0.5, 0.6) is 0 Å². The molecule has 0 aliphatic carbocycles. The fraction of sp³-hybridized carbons (Fsp3) is 0.500. The van der Waals surface area contributed by atoms with Gasteiger partial charge in [-0.3, -0.25) is 14.6 Å². The molecule has 6 nitrogen and oxygen atoms in total. The van der Waals surface area contributed by atoms with Crippen LogP contribution in [0.4, 0.5) is 0 Å². The van der Waals surface area contributed by atoms with Crippen molar-refractivity contribution in [2.75, 3.05) is 13.1 Å². The summed E-state index contributed by atoms with van der Waals surface area (Å²) >= 11 is 0. The summed E-state index contributed by atoms with van der Waals surface area (Å²) in [7, 11) is 0. The molecular formula is C14H19N3O3. The number of hydrazine groups is 1. The number of hydrogen-bond donors (Lipinski definition) is 0. The molecule has 108 valence electrons. The van der Waals surface area contributed by atoms with E-state index >= 15 is 0 Å². The Kier molecular flexibility index (Phi) is 4.22. The summed E-state index contributed by atoms with van der Waals surface area (Å²) in [6, 6.07) is 0. The van der Waals surface area contributed by atoms with Crippen LogP contribution in [0, 0.1) is 13.8 Å². The van der Waals surface area contributed by atoms with Gasteiger partial charge < -0.3 is 4.52 Å². The summed E-state index contributed by atoms with van der Waals surface area (Å²) in [6.45, 7) is 8.15. The topological polar surface area (TPSA) is 66.7 Å². The fourth-order valence-electron chi connectivity index (χ4n) is 2.35. The highest BCUT2D eigenvalue weighted by Crippen LogP contribution is 2.20. The van der Waals surface area contributed by atoms with Crippen molar-refractivity contribution in [2.24, 2.45) is 0 Å². The van der Waals surface area contributed by atoms with Crippen LogP contribution in [0.15, 0.2) is 17.2 Å². The molecule has 1 aliphatic heterocycles. The van der Waals surface area contributed by atoms with Crippen LogP contribution in [0.1, 0.15) is 41.1 Å². The molecule has 1 fully saturated rings. The van der Waals surface area contributed by atoms with E-state index in [9.17, 15) is 9.59 Å². The van der Waals surface area contributed by atoms with Gasteiger partial charge in [0.15, 0.2) is 0 Å². The predicted molar refractivity (Wildman–Crippen MR) is 72.8 cm³/mol. The number of nitrogens with zero attached hydrogens (tertiary/aromatic N) is 3. The molecule has 0 bridgehead atoms. The number of rotatable bonds is 4. The number of allylic oxidation sites excluding steroid dienone is 1. The van der Waals surface area contributed by atoms with Crippen LogP contribution in [0.25, 0.3) is 0 Å². The third-order valence-corrected chi connectivity index (χ3v) is 3.36. The van der Waals surface area contributed by atoms with Crippen LogP contribution >= 0.6 is 0 Å². The van der Waals surface area contributed by atoms with Crippen molar-refractivity contribution in [1.82, 2.24) is 15.2 Å². The summed E-state index contributed by atoms with van der Waals surface area (Å²) in [5.41, 5.74) is 1.01. The van der Waals surface area contributed by atoms with Crippen molar-refractivity contribution in [2.45, 2.75) is 33.1 Å². The van der Waals surface area contributed by atoms with Gasteiger partial charge in [-0.05, 0) is 26.7 Å². The van der Waals surface area contributed by atoms with Crippen molar-refractivity contribution in [3.8, 4) is 0 Å². The lowest BCUT2D eigenvalue weighted by Gasteiger charge is -2.27. The summed E-state index contributed by atoms with van der Waals surface area (Å²) in [4.78, 5) is 24.7. The molecule has 1 aliphatic rings. The standard InChI is InChI=1S/C14H19N3O3/c1-4-5-7-12(18)16-8-6-9-17(16)14(19)13-10(2)15-20-11(13)3/h4H,1,5-9H2,2-3H3. The lowest BCUT2D eigenvalue weighted by Crippen LogP contribution is -2.45. The summed E-state index contributed by atoms with van der Waals surface area (Å²) in [5, 5.41) is 6.81. The van der Waals surface area contributed by atoms with Crippen LogP contribution in [-0.2, 0) is 4.79 Å². The van der Waals surface area contributed by atoms with E-state index in [4.69, 9.17) is 4.52 Å². The first-order valence-electron chi connectivity index (χ1n) is 6.72. The Morgan fingerprint density at radius 2 is 2.05 bits per heavy atom. The quantitative estimate of drug-likeness (QED) is 0.788. The third-order valence-electron chi connectivity index (χ3n) is 3.36. The van der Waals surface area contributed by atoms with Gasteiger partial charge in [-0.25, -0.2) is 5.01 Å². The number of aryl methyl sites for hydroxylation is 2. The number of hydrogen-bond acceptors (Lipinski definition) is 4. The Bertz CT molecular complexity index is 516. The molecule has 2 amide bonds. The van der Waals surface area contributed by atoms with Gasteiger partial charge in [0, 0.05) is 19.5 Å². The molecule has 0 aromatic carbocycles. The van der Waals surface area contributed by atoms with Crippen molar-refractivity contribution < 1.29 is 14.1 Å². The third kappa shape index (κ3) is 2.59. The summed E-state index contributed by atoms with van der Waals surface area (Å²) in [5.74, 6) is 0.214. The zero-order valence-electron chi connectivity index (χ0n) is 11.9. The van der Waals surface area contributed by atoms with Gasteiger partial charge >= 0.3 is 0 Å². The lowest BCUT2D eigenvalue weighted by atomic mass is 10.2. The predicted octanol–water partition coefficient (Wildman–Crippen LogP) is 1.85. The molecule has 0 atom stereocenters. The average Bonchev–Trinajstić information content (AvgIpc) is 3.03. The normalized spacial score (nSPS) is 14.7. The fourth-order valence-corrected chi connectivity index (χ4v) is 2.35. The first kappa shape index (κ1) is 14.3. The minimum atomic E-state index is -0.217. The zero-order chi connectivity index (χ0) is 14.7. The molecule has 0 N–H and O–H groups in total. The molecule has 0 saturated carbocycles. The SMILES string of the molecule is C=CCCC(=O)N1CCCN1C(=O)c1c(C)noc1C. The molecule has 6 heteroatoms. The number of aromatic nitrogens is 1. The van der Waals surface area contributed by atoms with Crippen LogP contribution < -0.4 is 0 Å². The van der Waals surface area contributed by atoms with E-state index in [1.165, 1.54) is 10.0 Å². The molecule has 20 heavy (non-hydrogen) atoms. The second-order valence-electron chi connectivity index (χ2n) is 4.83. The zero-order valence-corrected chi connectivity index (χ0v) is 11.9. The van der Waals surface area contributed by atoms with Crippen molar-refractivity contribution in [3.05, 3.63) is 29.7 Å². The van der Waals surface area contributed by atoms with Crippen molar-refractivity contribution >= 4 is 11.8 Å². The minimum Gasteiger partial charge on any atom is -0.361 e. The highest BCUT2D eigenvalue weighted by molar-refractivity contribution is 5.97. The van der Waals surface area contributed by atoms with Crippen LogP contribution in [0.2, 0.25) is 0 Å². The highest BCUT2D eigenvalue weighted by atomic mass is 16.5. The second kappa shape index (κ2) is 5.90. The van der Waals surface area contributed by atoms with Crippen LogP contribution in [0.3, 0.4) is 0 Å². The Morgan fingerprint density at radius 3 is 2.65 bits per heavy atom.